The highest BCUT2D eigenvalue weighted by Crippen LogP contribution is 2.70. The van der Waals surface area contributed by atoms with Crippen molar-refractivity contribution in [2.45, 2.75) is 102 Å². The summed E-state index contributed by atoms with van der Waals surface area (Å²) in [6, 6.07) is 0. The van der Waals surface area contributed by atoms with Crippen molar-refractivity contribution in [3.8, 4) is 0 Å². The summed E-state index contributed by atoms with van der Waals surface area (Å²) >= 11 is 0. The molecular weight excluding hydrogens is 432 g/mol. The zero-order valence-corrected chi connectivity index (χ0v) is 21.0. The molecule has 0 saturated heterocycles. The van der Waals surface area contributed by atoms with Crippen LogP contribution >= 0.6 is 0 Å². The summed E-state index contributed by atoms with van der Waals surface area (Å²) in [6.45, 7) is 9.01. The van der Waals surface area contributed by atoms with Gasteiger partial charge in [-0.15, -0.1) is 0 Å². The Morgan fingerprint density at radius 3 is 2.47 bits per heavy atom. The van der Waals surface area contributed by atoms with E-state index in [2.05, 4.69) is 12.2 Å². The summed E-state index contributed by atoms with van der Waals surface area (Å²) in [7, 11) is 0. The Morgan fingerprint density at radius 1 is 1.09 bits per heavy atom. The molecule has 2 fully saturated rings. The summed E-state index contributed by atoms with van der Waals surface area (Å²) in [5.74, 6) is -0.495. The maximum absolute atomic E-state index is 13.1. The first-order valence-corrected chi connectivity index (χ1v) is 12.7. The molecule has 0 aromatic carbocycles. The van der Waals surface area contributed by atoms with Crippen LogP contribution in [0.15, 0.2) is 34.9 Å². The molecule has 4 aliphatic carbocycles. The molecule has 6 nitrogen and oxygen atoms in total. The minimum atomic E-state index is -1.75. The average Bonchev–Trinajstić information content (AvgIpc) is 3.00. The van der Waals surface area contributed by atoms with Crippen LogP contribution in [0.2, 0.25) is 0 Å². The van der Waals surface area contributed by atoms with Crippen molar-refractivity contribution in [1.82, 2.24) is 0 Å². The number of ketones is 1. The van der Waals surface area contributed by atoms with Gasteiger partial charge < -0.3 is 20.1 Å². The lowest BCUT2D eigenvalue weighted by Gasteiger charge is -2.63. The van der Waals surface area contributed by atoms with Crippen LogP contribution < -0.4 is 0 Å². The Labute approximate surface area is 201 Å². The molecular formula is C28H38O6. The molecule has 3 N–H and O–H groups in total. The van der Waals surface area contributed by atoms with Crippen LogP contribution in [0.1, 0.15) is 79.6 Å². The first-order valence-electron chi connectivity index (χ1n) is 12.7. The lowest BCUT2D eigenvalue weighted by molar-refractivity contribution is -0.279. The number of aliphatic hydroxyl groups is 3. The highest BCUT2D eigenvalue weighted by molar-refractivity contribution is 5.92. The number of hydrogen-bond donors (Lipinski definition) is 3. The number of rotatable bonds is 2. The van der Waals surface area contributed by atoms with Gasteiger partial charge in [-0.05, 0) is 77.2 Å². The number of carbonyl (C=O) groups is 2. The summed E-state index contributed by atoms with van der Waals surface area (Å²) in [4.78, 5) is 25.6. The van der Waals surface area contributed by atoms with E-state index in [4.69, 9.17) is 4.74 Å². The largest absolute Gasteiger partial charge is 0.455 e. The lowest BCUT2D eigenvalue weighted by Crippen LogP contribution is -2.72. The predicted octanol–water partition coefficient (Wildman–Crippen LogP) is 3.54. The third-order valence-corrected chi connectivity index (χ3v) is 11.1. The van der Waals surface area contributed by atoms with E-state index in [-0.39, 0.29) is 24.0 Å². The average molecular weight is 471 g/mol. The van der Waals surface area contributed by atoms with Gasteiger partial charge in [0.1, 0.15) is 23.1 Å². The maximum atomic E-state index is 13.1. The minimum absolute atomic E-state index is 0.0179. The Morgan fingerprint density at radius 2 is 1.79 bits per heavy atom. The monoisotopic (exact) mass is 470 g/mol. The van der Waals surface area contributed by atoms with Gasteiger partial charge in [0.15, 0.2) is 0 Å². The zero-order valence-electron chi connectivity index (χ0n) is 21.0. The van der Waals surface area contributed by atoms with Crippen molar-refractivity contribution in [3.05, 3.63) is 34.9 Å². The summed E-state index contributed by atoms with van der Waals surface area (Å²) in [5, 5.41) is 36.5. The summed E-state index contributed by atoms with van der Waals surface area (Å²) < 4.78 is 5.63. The molecule has 2 saturated carbocycles. The number of allylic oxidation sites excluding steroid dienone is 4. The van der Waals surface area contributed by atoms with Crippen molar-refractivity contribution in [1.29, 1.82) is 0 Å². The van der Waals surface area contributed by atoms with Gasteiger partial charge >= 0.3 is 5.97 Å². The molecule has 186 valence electrons. The SMILES string of the molecule is CC1=C(C)C(=O)O[C@@H]([C@](C)(O)[C@]2(O)CC[C@@]3(O)[C@@H]4CC=C5C=CCC(=O)[C@]5(C)[C@H]4CC[C@]23C)C1. The second-order valence-electron chi connectivity index (χ2n) is 12.1. The molecule has 0 unspecified atom stereocenters. The Kier molecular flexibility index (Phi) is 5.03. The van der Waals surface area contributed by atoms with E-state index >= 15 is 0 Å². The van der Waals surface area contributed by atoms with Crippen molar-refractivity contribution < 1.29 is 29.6 Å². The molecule has 0 radical (unpaired) electrons. The van der Waals surface area contributed by atoms with Crippen LogP contribution in [0.25, 0.3) is 0 Å². The second kappa shape index (κ2) is 7.14. The maximum Gasteiger partial charge on any atom is 0.334 e. The molecule has 6 heteroatoms. The van der Waals surface area contributed by atoms with Crippen molar-refractivity contribution >= 4 is 11.8 Å². The number of ether oxygens (including phenoxy) is 1. The molecule has 0 aromatic rings. The highest BCUT2D eigenvalue weighted by Gasteiger charge is 2.76. The molecule has 0 spiro atoms. The topological polar surface area (TPSA) is 104 Å². The number of fused-ring (bicyclic) bond motifs is 5. The Bertz CT molecular complexity index is 1050. The van der Waals surface area contributed by atoms with Crippen LogP contribution in [-0.4, -0.2) is 50.0 Å². The van der Waals surface area contributed by atoms with E-state index in [0.29, 0.717) is 44.1 Å². The van der Waals surface area contributed by atoms with Crippen LogP contribution in [0, 0.1) is 22.7 Å². The van der Waals surface area contributed by atoms with Gasteiger partial charge in [0.2, 0.25) is 0 Å². The number of esters is 1. The van der Waals surface area contributed by atoms with Crippen LogP contribution in [0.4, 0.5) is 0 Å². The molecule has 8 atom stereocenters. The fraction of sp³-hybridized carbons (Fsp3) is 0.714. The fourth-order valence-corrected chi connectivity index (χ4v) is 8.38. The lowest BCUT2D eigenvalue weighted by atomic mass is 9.44. The smallest absolute Gasteiger partial charge is 0.334 e. The number of Topliss-reactive ketones (excluding diaryl/α,β-unsaturated/α-hetero) is 1. The number of hydrogen-bond acceptors (Lipinski definition) is 6. The quantitative estimate of drug-likeness (QED) is 0.534. The summed E-state index contributed by atoms with van der Waals surface area (Å²) in [6.07, 6.45) is 8.25. The van der Waals surface area contributed by atoms with Crippen molar-refractivity contribution in [3.63, 3.8) is 0 Å². The molecule has 1 aliphatic heterocycles. The van der Waals surface area contributed by atoms with Crippen LogP contribution in [0.5, 0.6) is 0 Å². The Balaban J connectivity index is 1.54. The first-order chi connectivity index (χ1) is 15.7. The van der Waals surface area contributed by atoms with E-state index in [1.807, 2.05) is 26.8 Å². The summed E-state index contributed by atoms with van der Waals surface area (Å²) in [5.41, 5.74) is -3.87. The normalized spacial score (nSPS) is 47.9. The molecule has 34 heavy (non-hydrogen) atoms. The van der Waals surface area contributed by atoms with E-state index in [9.17, 15) is 24.9 Å². The predicted molar refractivity (Wildman–Crippen MR) is 127 cm³/mol. The third kappa shape index (κ3) is 2.63. The minimum Gasteiger partial charge on any atom is -0.455 e. The van der Waals surface area contributed by atoms with Crippen LogP contribution in [-0.2, 0) is 14.3 Å². The number of carbonyl (C=O) groups excluding carboxylic acids is 2. The van der Waals surface area contributed by atoms with E-state index in [0.717, 1.165) is 11.1 Å². The van der Waals surface area contributed by atoms with E-state index in [1.54, 1.807) is 13.8 Å². The van der Waals surface area contributed by atoms with Crippen LogP contribution in [0.3, 0.4) is 0 Å². The number of cyclic esters (lactones) is 1. The highest BCUT2D eigenvalue weighted by atomic mass is 16.6. The Hall–Kier alpha value is -1.76. The van der Waals surface area contributed by atoms with Gasteiger partial charge in [0.05, 0.1) is 11.0 Å². The van der Waals surface area contributed by atoms with E-state index in [1.165, 1.54) is 0 Å². The van der Waals surface area contributed by atoms with Gasteiger partial charge in [-0.2, -0.15) is 0 Å². The third-order valence-electron chi connectivity index (χ3n) is 11.1. The zero-order chi connectivity index (χ0) is 24.9. The molecule has 0 amide bonds. The van der Waals surface area contributed by atoms with E-state index < -0.39 is 39.7 Å². The van der Waals surface area contributed by atoms with Gasteiger partial charge in [-0.3, -0.25) is 4.79 Å². The fourth-order valence-electron chi connectivity index (χ4n) is 8.38. The van der Waals surface area contributed by atoms with Gasteiger partial charge in [0, 0.05) is 23.8 Å². The van der Waals surface area contributed by atoms with Gasteiger partial charge in [0.25, 0.3) is 0 Å². The van der Waals surface area contributed by atoms with Gasteiger partial charge in [-0.25, -0.2) is 4.79 Å². The molecule has 5 rings (SSSR count). The second-order valence-corrected chi connectivity index (χ2v) is 12.1. The van der Waals surface area contributed by atoms with Crippen molar-refractivity contribution in [2.75, 3.05) is 0 Å². The molecule has 0 bridgehead atoms. The molecule has 0 aromatic heterocycles. The van der Waals surface area contributed by atoms with Gasteiger partial charge in [-0.1, -0.05) is 30.7 Å². The standard InChI is InChI=1S/C28H38O6/c1-16-15-22(34-23(30)17(16)2)26(5,31)28(33)14-13-27(32)20-10-9-18-7-6-8-21(29)25(18,4)19(20)11-12-24(27,28)3/h6-7,9,19-20,22,31-33H,8,10-15H2,1-5H3/t19-,20+,22+,24-,25-,26-,27+,28-/m0/s1. The van der Waals surface area contributed by atoms with Crippen molar-refractivity contribution in [2.24, 2.45) is 22.7 Å². The first kappa shape index (κ1) is 24.0. The molecule has 5 aliphatic rings. The molecule has 1 heterocycles.